The summed E-state index contributed by atoms with van der Waals surface area (Å²) in [6.45, 7) is 12.3. The topological polar surface area (TPSA) is 66.5 Å². The van der Waals surface area contributed by atoms with Crippen LogP contribution in [0.2, 0.25) is 0 Å². The van der Waals surface area contributed by atoms with Crippen molar-refractivity contribution in [1.82, 2.24) is 20.4 Å². The molecule has 1 aliphatic rings. The van der Waals surface area contributed by atoms with Crippen LogP contribution in [0.25, 0.3) is 0 Å². The van der Waals surface area contributed by atoms with Crippen LogP contribution in [0.3, 0.4) is 0 Å². The molecule has 1 aromatic heterocycles. The number of aliphatic imine (C=N–C) groups is 1. The van der Waals surface area contributed by atoms with Gasteiger partial charge >= 0.3 is 0 Å². The molecular weight excluding hydrogens is 266 g/mol. The fraction of sp³-hybridized carbons (Fsp3) is 0.800. The standard InChI is InChI=1S/C15H27N5O/c1-5-16-15(20-9-11(2)8-12(3)10-20)17-7-6-14-18-13(4)19-21-14/h11-12H,5-10H2,1-4H3,(H,16,17). The van der Waals surface area contributed by atoms with Crippen molar-refractivity contribution in [2.24, 2.45) is 16.8 Å². The average molecular weight is 293 g/mol. The Balaban J connectivity index is 1.95. The van der Waals surface area contributed by atoms with Gasteiger partial charge in [-0.05, 0) is 32.1 Å². The van der Waals surface area contributed by atoms with Crippen molar-refractivity contribution in [2.75, 3.05) is 26.2 Å². The maximum atomic E-state index is 5.12. The molecule has 1 N–H and O–H groups in total. The van der Waals surface area contributed by atoms with Crippen LogP contribution in [0, 0.1) is 18.8 Å². The van der Waals surface area contributed by atoms with Gasteiger partial charge in [-0.25, -0.2) is 0 Å². The molecule has 0 radical (unpaired) electrons. The quantitative estimate of drug-likeness (QED) is 0.678. The number of piperidine rings is 1. The van der Waals surface area contributed by atoms with Gasteiger partial charge in [0.1, 0.15) is 0 Å². The minimum absolute atomic E-state index is 0.660. The molecule has 6 heteroatoms. The first-order chi connectivity index (χ1) is 10.1. The van der Waals surface area contributed by atoms with E-state index >= 15 is 0 Å². The highest BCUT2D eigenvalue weighted by molar-refractivity contribution is 5.80. The number of nitrogens with zero attached hydrogens (tertiary/aromatic N) is 4. The summed E-state index contributed by atoms with van der Waals surface area (Å²) in [5.74, 6) is 3.78. The third-order valence-corrected chi connectivity index (χ3v) is 3.66. The van der Waals surface area contributed by atoms with E-state index < -0.39 is 0 Å². The molecule has 2 rings (SSSR count). The zero-order valence-electron chi connectivity index (χ0n) is 13.6. The number of hydrogen-bond donors (Lipinski definition) is 1. The summed E-state index contributed by atoms with van der Waals surface area (Å²) in [4.78, 5) is 11.3. The van der Waals surface area contributed by atoms with Crippen molar-refractivity contribution in [2.45, 2.75) is 40.5 Å². The highest BCUT2D eigenvalue weighted by atomic mass is 16.5. The maximum absolute atomic E-state index is 5.12. The van der Waals surface area contributed by atoms with E-state index in [2.05, 4.69) is 41.1 Å². The summed E-state index contributed by atoms with van der Waals surface area (Å²) in [5, 5.41) is 7.19. The molecule has 0 spiro atoms. The van der Waals surface area contributed by atoms with Crippen molar-refractivity contribution in [3.05, 3.63) is 11.7 Å². The smallest absolute Gasteiger partial charge is 0.228 e. The third-order valence-electron chi connectivity index (χ3n) is 3.66. The van der Waals surface area contributed by atoms with Crippen molar-refractivity contribution >= 4 is 5.96 Å². The molecule has 2 atom stereocenters. The molecule has 6 nitrogen and oxygen atoms in total. The Kier molecular flexibility index (Phi) is 5.59. The van der Waals surface area contributed by atoms with Crippen LogP contribution in [0.1, 0.15) is 38.9 Å². The van der Waals surface area contributed by atoms with Crippen LogP contribution in [0.5, 0.6) is 0 Å². The second kappa shape index (κ2) is 7.43. The lowest BCUT2D eigenvalue weighted by Crippen LogP contribution is -2.48. The molecule has 2 unspecified atom stereocenters. The predicted molar refractivity (Wildman–Crippen MR) is 83.2 cm³/mol. The van der Waals surface area contributed by atoms with Gasteiger partial charge in [-0.15, -0.1) is 0 Å². The van der Waals surface area contributed by atoms with E-state index in [4.69, 9.17) is 9.52 Å². The Morgan fingerprint density at radius 2 is 2.10 bits per heavy atom. The predicted octanol–water partition coefficient (Wildman–Crippen LogP) is 1.86. The van der Waals surface area contributed by atoms with Crippen molar-refractivity contribution in [3.63, 3.8) is 0 Å². The van der Waals surface area contributed by atoms with Crippen LogP contribution in [-0.4, -0.2) is 47.2 Å². The zero-order valence-corrected chi connectivity index (χ0v) is 13.6. The monoisotopic (exact) mass is 293 g/mol. The molecule has 0 aliphatic carbocycles. The van der Waals surface area contributed by atoms with Crippen molar-refractivity contribution in [1.29, 1.82) is 0 Å². The Bertz CT molecular complexity index is 460. The van der Waals surface area contributed by atoms with Crippen LogP contribution < -0.4 is 5.32 Å². The van der Waals surface area contributed by atoms with Gasteiger partial charge in [0.2, 0.25) is 5.89 Å². The SMILES string of the molecule is CCNC(=NCCc1nc(C)no1)N1CC(C)CC(C)C1. The van der Waals surface area contributed by atoms with E-state index in [1.807, 2.05) is 6.92 Å². The third kappa shape index (κ3) is 4.72. The average Bonchev–Trinajstić information content (AvgIpc) is 2.82. The summed E-state index contributed by atoms with van der Waals surface area (Å²) in [6.07, 6.45) is 1.99. The van der Waals surface area contributed by atoms with Gasteiger partial charge in [0, 0.05) is 26.1 Å². The van der Waals surface area contributed by atoms with Gasteiger partial charge in [0.05, 0.1) is 6.54 Å². The lowest BCUT2D eigenvalue weighted by atomic mass is 9.92. The van der Waals surface area contributed by atoms with Gasteiger partial charge in [0.25, 0.3) is 0 Å². The highest BCUT2D eigenvalue weighted by Gasteiger charge is 2.23. The van der Waals surface area contributed by atoms with E-state index in [-0.39, 0.29) is 0 Å². The lowest BCUT2D eigenvalue weighted by Gasteiger charge is -2.37. The molecule has 1 fully saturated rings. The zero-order chi connectivity index (χ0) is 15.2. The number of likely N-dealkylation sites (tertiary alicyclic amines) is 1. The number of guanidine groups is 1. The Morgan fingerprint density at radius 1 is 1.38 bits per heavy atom. The summed E-state index contributed by atoms with van der Waals surface area (Å²) in [7, 11) is 0. The molecule has 1 aliphatic heterocycles. The molecule has 1 saturated heterocycles. The Labute approximate surface area is 127 Å². The molecule has 21 heavy (non-hydrogen) atoms. The molecule has 2 heterocycles. The van der Waals surface area contributed by atoms with E-state index in [0.29, 0.717) is 24.7 Å². The normalized spacial score (nSPS) is 23.4. The number of hydrogen-bond acceptors (Lipinski definition) is 4. The molecule has 1 aromatic rings. The second-order valence-electron chi connectivity index (χ2n) is 6.07. The molecule has 0 bridgehead atoms. The van der Waals surface area contributed by atoms with E-state index in [0.717, 1.165) is 37.4 Å². The van der Waals surface area contributed by atoms with Crippen LogP contribution in [0.4, 0.5) is 0 Å². The van der Waals surface area contributed by atoms with E-state index in [9.17, 15) is 0 Å². The molecule has 0 aromatic carbocycles. The Morgan fingerprint density at radius 3 is 2.67 bits per heavy atom. The first-order valence-electron chi connectivity index (χ1n) is 7.91. The Hall–Kier alpha value is -1.59. The van der Waals surface area contributed by atoms with Gasteiger partial charge in [-0.1, -0.05) is 19.0 Å². The fourth-order valence-corrected chi connectivity index (χ4v) is 2.96. The van der Waals surface area contributed by atoms with Gasteiger partial charge in [-0.3, -0.25) is 4.99 Å². The van der Waals surface area contributed by atoms with Crippen molar-refractivity contribution < 1.29 is 4.52 Å². The first-order valence-corrected chi connectivity index (χ1v) is 7.91. The minimum atomic E-state index is 0.660. The summed E-state index contributed by atoms with van der Waals surface area (Å²) < 4.78 is 5.12. The highest BCUT2D eigenvalue weighted by Crippen LogP contribution is 2.20. The lowest BCUT2D eigenvalue weighted by molar-refractivity contribution is 0.208. The molecule has 118 valence electrons. The fourth-order valence-electron chi connectivity index (χ4n) is 2.96. The summed E-state index contributed by atoms with van der Waals surface area (Å²) in [6, 6.07) is 0. The maximum Gasteiger partial charge on any atom is 0.228 e. The van der Waals surface area contributed by atoms with Crippen LogP contribution in [0.15, 0.2) is 9.52 Å². The van der Waals surface area contributed by atoms with Crippen LogP contribution >= 0.6 is 0 Å². The second-order valence-corrected chi connectivity index (χ2v) is 6.07. The van der Waals surface area contributed by atoms with E-state index in [1.165, 1.54) is 6.42 Å². The number of nitrogens with one attached hydrogen (secondary N) is 1. The minimum Gasteiger partial charge on any atom is -0.357 e. The van der Waals surface area contributed by atoms with Gasteiger partial charge < -0.3 is 14.7 Å². The summed E-state index contributed by atoms with van der Waals surface area (Å²) in [5.41, 5.74) is 0. The van der Waals surface area contributed by atoms with E-state index in [1.54, 1.807) is 0 Å². The molecule has 0 amide bonds. The number of aromatic nitrogens is 2. The largest absolute Gasteiger partial charge is 0.357 e. The summed E-state index contributed by atoms with van der Waals surface area (Å²) >= 11 is 0. The van der Waals surface area contributed by atoms with Crippen molar-refractivity contribution in [3.8, 4) is 0 Å². The van der Waals surface area contributed by atoms with Gasteiger partial charge in [-0.2, -0.15) is 4.98 Å². The first kappa shape index (κ1) is 15.8. The van der Waals surface area contributed by atoms with Gasteiger partial charge in [0.15, 0.2) is 11.8 Å². The molecular formula is C15H27N5O. The number of rotatable bonds is 4. The number of aryl methyl sites for hydroxylation is 1. The van der Waals surface area contributed by atoms with Crippen LogP contribution in [-0.2, 0) is 6.42 Å². The molecule has 0 saturated carbocycles.